The number of amidine groups is 1. The van der Waals surface area contributed by atoms with Gasteiger partial charge in [0.05, 0.1) is 23.2 Å². The number of aliphatic imine (C=N–C) groups is 1. The average Bonchev–Trinajstić information content (AvgIpc) is 3.12. The first-order valence-corrected chi connectivity index (χ1v) is 12.2. The summed E-state index contributed by atoms with van der Waals surface area (Å²) in [6.07, 6.45) is 0. The summed E-state index contributed by atoms with van der Waals surface area (Å²) in [5.74, 6) is -0.635. The van der Waals surface area contributed by atoms with Crippen molar-refractivity contribution in [2.45, 2.75) is 11.3 Å². The fourth-order valence-corrected chi connectivity index (χ4v) is 7.58. The van der Waals surface area contributed by atoms with Gasteiger partial charge in [0.2, 0.25) is 0 Å². The molecule has 2 aromatic carbocycles. The van der Waals surface area contributed by atoms with Gasteiger partial charge in [-0.1, -0.05) is 45.9 Å². The van der Waals surface area contributed by atoms with E-state index >= 15 is 0 Å². The summed E-state index contributed by atoms with van der Waals surface area (Å²) < 4.78 is 44.8. The van der Waals surface area contributed by atoms with Crippen LogP contribution in [-0.4, -0.2) is 48.9 Å². The summed E-state index contributed by atoms with van der Waals surface area (Å²) in [5.41, 5.74) is 0.195. The van der Waals surface area contributed by atoms with Crippen LogP contribution in [0.2, 0.25) is 0 Å². The Morgan fingerprint density at radius 2 is 2.00 bits per heavy atom. The van der Waals surface area contributed by atoms with Gasteiger partial charge in [0, 0.05) is 9.72 Å². The number of carbonyl (C=O) groups is 1. The second kappa shape index (κ2) is 8.08. The van der Waals surface area contributed by atoms with Gasteiger partial charge in [-0.2, -0.15) is 4.99 Å². The Hall–Kier alpha value is -1.91. The van der Waals surface area contributed by atoms with Crippen LogP contribution in [0.3, 0.4) is 0 Å². The zero-order valence-corrected chi connectivity index (χ0v) is 18.2. The Kier molecular flexibility index (Phi) is 5.67. The van der Waals surface area contributed by atoms with Crippen molar-refractivity contribution < 1.29 is 22.3 Å². The van der Waals surface area contributed by atoms with Crippen molar-refractivity contribution >= 4 is 54.3 Å². The molecule has 2 fully saturated rings. The summed E-state index contributed by atoms with van der Waals surface area (Å²) in [7, 11) is -3.22. The van der Waals surface area contributed by atoms with E-state index in [1.807, 2.05) is 6.07 Å². The van der Waals surface area contributed by atoms with E-state index < -0.39 is 27.6 Å². The molecule has 0 bridgehead atoms. The van der Waals surface area contributed by atoms with Gasteiger partial charge < -0.3 is 9.64 Å². The standard InChI is InChI=1S/C19H16BrFN2O4S2/c20-12-6-7-15(14(21)8-12)23-16-10-29(25,26)11-17(16)28-19(23)22-18(24)9-27-13-4-2-1-3-5-13/h1-8,16-17H,9-11H2. The topological polar surface area (TPSA) is 76.0 Å². The number of nitrogens with zero attached hydrogens (tertiary/aromatic N) is 2. The number of ether oxygens (including phenoxy) is 1. The molecular weight excluding hydrogens is 483 g/mol. The van der Waals surface area contributed by atoms with Crippen molar-refractivity contribution in [2.75, 3.05) is 23.0 Å². The second-order valence-electron chi connectivity index (χ2n) is 6.66. The number of hydrogen-bond acceptors (Lipinski definition) is 5. The molecule has 4 rings (SSSR count). The van der Waals surface area contributed by atoms with E-state index in [-0.39, 0.29) is 34.2 Å². The number of hydrogen-bond donors (Lipinski definition) is 0. The first-order chi connectivity index (χ1) is 13.8. The van der Waals surface area contributed by atoms with E-state index in [9.17, 15) is 17.6 Å². The number of fused-ring (bicyclic) bond motifs is 1. The van der Waals surface area contributed by atoms with Crippen LogP contribution in [0.4, 0.5) is 10.1 Å². The molecule has 0 aromatic heterocycles. The molecule has 0 saturated carbocycles. The molecule has 1 amide bonds. The van der Waals surface area contributed by atoms with Crippen LogP contribution in [-0.2, 0) is 14.6 Å². The molecule has 2 aliphatic rings. The predicted octanol–water partition coefficient (Wildman–Crippen LogP) is 3.27. The lowest BCUT2D eigenvalue weighted by Gasteiger charge is -2.25. The van der Waals surface area contributed by atoms with Gasteiger partial charge in [0.25, 0.3) is 5.91 Å². The fourth-order valence-electron chi connectivity index (χ4n) is 3.32. The molecule has 29 heavy (non-hydrogen) atoms. The quantitative estimate of drug-likeness (QED) is 0.643. The van der Waals surface area contributed by atoms with Crippen LogP contribution in [0.15, 0.2) is 58.0 Å². The monoisotopic (exact) mass is 498 g/mol. The summed E-state index contributed by atoms with van der Waals surface area (Å²) >= 11 is 4.41. The summed E-state index contributed by atoms with van der Waals surface area (Å²) in [6, 6.07) is 12.9. The number of amides is 1. The van der Waals surface area contributed by atoms with E-state index in [1.165, 1.54) is 22.7 Å². The van der Waals surface area contributed by atoms with Crippen molar-refractivity contribution in [3.05, 3.63) is 58.8 Å². The van der Waals surface area contributed by atoms with Crippen LogP contribution in [0.1, 0.15) is 0 Å². The molecule has 2 aliphatic heterocycles. The zero-order chi connectivity index (χ0) is 20.6. The summed E-state index contributed by atoms with van der Waals surface area (Å²) in [5, 5.41) is -0.0116. The van der Waals surface area contributed by atoms with Gasteiger partial charge in [-0.05, 0) is 30.3 Å². The lowest BCUT2D eigenvalue weighted by atomic mass is 10.2. The molecule has 0 N–H and O–H groups in total. The smallest absolute Gasteiger partial charge is 0.285 e. The molecule has 0 aliphatic carbocycles. The van der Waals surface area contributed by atoms with Crippen molar-refractivity contribution in [3.63, 3.8) is 0 Å². The van der Waals surface area contributed by atoms with Gasteiger partial charge in [-0.3, -0.25) is 4.79 Å². The fraction of sp³-hybridized carbons (Fsp3) is 0.263. The van der Waals surface area contributed by atoms with Crippen molar-refractivity contribution in [1.82, 2.24) is 0 Å². The molecule has 0 spiro atoms. The molecule has 10 heteroatoms. The number of carbonyl (C=O) groups excluding carboxylic acids is 1. The highest BCUT2D eigenvalue weighted by Gasteiger charge is 2.50. The van der Waals surface area contributed by atoms with E-state index in [4.69, 9.17) is 4.74 Å². The van der Waals surface area contributed by atoms with Crippen LogP contribution >= 0.6 is 27.7 Å². The third-order valence-corrected chi connectivity index (χ3v) is 8.26. The summed E-state index contributed by atoms with van der Waals surface area (Å²) in [4.78, 5) is 18.0. The summed E-state index contributed by atoms with van der Waals surface area (Å²) in [6.45, 7) is -0.266. The Balaban J connectivity index is 1.60. The van der Waals surface area contributed by atoms with Crippen LogP contribution in [0.25, 0.3) is 0 Å². The number of sulfone groups is 1. The van der Waals surface area contributed by atoms with E-state index in [0.29, 0.717) is 10.2 Å². The maximum Gasteiger partial charge on any atom is 0.285 e. The lowest BCUT2D eigenvalue weighted by Crippen LogP contribution is -2.38. The molecule has 152 valence electrons. The number of rotatable bonds is 4. The largest absolute Gasteiger partial charge is 0.484 e. The SMILES string of the molecule is O=C(COc1ccccc1)N=C1SC2CS(=O)(=O)CC2N1c1ccc(Br)cc1F. The Morgan fingerprint density at radius 3 is 2.72 bits per heavy atom. The highest BCUT2D eigenvalue weighted by Crippen LogP contribution is 2.42. The number of anilines is 1. The van der Waals surface area contributed by atoms with Crippen molar-refractivity contribution in [2.24, 2.45) is 4.99 Å². The number of benzene rings is 2. The lowest BCUT2D eigenvalue weighted by molar-refractivity contribution is -0.119. The second-order valence-corrected chi connectivity index (χ2v) is 10.9. The molecule has 6 nitrogen and oxygen atoms in total. The predicted molar refractivity (Wildman–Crippen MR) is 115 cm³/mol. The Morgan fingerprint density at radius 1 is 1.24 bits per heavy atom. The molecule has 0 radical (unpaired) electrons. The molecule has 2 heterocycles. The third kappa shape index (κ3) is 4.49. The highest BCUT2D eigenvalue weighted by atomic mass is 79.9. The molecule has 2 saturated heterocycles. The van der Waals surface area contributed by atoms with E-state index in [0.717, 1.165) is 0 Å². The third-order valence-electron chi connectivity index (χ3n) is 4.56. The highest BCUT2D eigenvalue weighted by molar-refractivity contribution is 9.10. The maximum atomic E-state index is 14.6. The van der Waals surface area contributed by atoms with Gasteiger partial charge >= 0.3 is 0 Å². The first-order valence-electron chi connectivity index (χ1n) is 8.73. The minimum atomic E-state index is -3.22. The van der Waals surface area contributed by atoms with Crippen molar-refractivity contribution in [3.8, 4) is 5.75 Å². The van der Waals surface area contributed by atoms with Gasteiger partial charge in [-0.25, -0.2) is 12.8 Å². The normalized spacial score (nSPS) is 23.9. The minimum absolute atomic E-state index is 0.0231. The van der Waals surface area contributed by atoms with Crippen molar-refractivity contribution in [1.29, 1.82) is 0 Å². The van der Waals surface area contributed by atoms with Crippen LogP contribution < -0.4 is 9.64 Å². The number of para-hydroxylation sites is 1. The minimum Gasteiger partial charge on any atom is -0.484 e. The Labute approximate surface area is 180 Å². The molecule has 2 unspecified atom stereocenters. The van der Waals surface area contributed by atoms with E-state index in [1.54, 1.807) is 36.4 Å². The molecular formula is C19H16BrFN2O4S2. The van der Waals surface area contributed by atoms with Gasteiger partial charge in [0.1, 0.15) is 11.6 Å². The number of halogens is 2. The van der Waals surface area contributed by atoms with Gasteiger partial charge in [0.15, 0.2) is 21.6 Å². The maximum absolute atomic E-state index is 14.6. The Bertz CT molecular complexity index is 1080. The number of thioether (sulfide) groups is 1. The molecule has 2 atom stereocenters. The van der Waals surface area contributed by atoms with Gasteiger partial charge in [-0.15, -0.1) is 0 Å². The van der Waals surface area contributed by atoms with Crippen LogP contribution in [0, 0.1) is 5.82 Å². The zero-order valence-electron chi connectivity index (χ0n) is 15.0. The van der Waals surface area contributed by atoms with E-state index in [2.05, 4.69) is 20.9 Å². The average molecular weight is 499 g/mol. The van der Waals surface area contributed by atoms with Crippen LogP contribution in [0.5, 0.6) is 5.75 Å². The first kappa shape index (κ1) is 20.4. The molecule has 2 aromatic rings.